The lowest BCUT2D eigenvalue weighted by Crippen LogP contribution is -1.97. The highest BCUT2D eigenvalue weighted by Gasteiger charge is 2.08. The fourth-order valence-corrected chi connectivity index (χ4v) is 2.19. The Morgan fingerprint density at radius 1 is 1.00 bits per heavy atom. The van der Waals surface area contributed by atoms with E-state index in [-0.39, 0.29) is 0 Å². The molecule has 0 saturated carbocycles. The topological polar surface area (TPSA) is 37.8 Å². The Bertz CT molecular complexity index is 524. The zero-order valence-electron chi connectivity index (χ0n) is 10.7. The number of hydrogen-bond donors (Lipinski definition) is 1. The molecule has 3 heteroatoms. The zero-order chi connectivity index (χ0) is 12.4. The zero-order valence-corrected chi connectivity index (χ0v) is 10.7. The molecule has 0 unspecified atom stereocenters. The number of aromatic nitrogens is 2. The third-order valence-corrected chi connectivity index (χ3v) is 2.82. The molecule has 0 saturated heterocycles. The van der Waals surface area contributed by atoms with Crippen LogP contribution < -0.4 is 5.32 Å². The minimum Gasteiger partial charge on any atom is -0.372 e. The molecule has 0 aliphatic rings. The van der Waals surface area contributed by atoms with Gasteiger partial charge in [-0.05, 0) is 31.9 Å². The van der Waals surface area contributed by atoms with E-state index in [9.17, 15) is 0 Å². The molecule has 0 aliphatic carbocycles. The van der Waals surface area contributed by atoms with E-state index in [1.807, 2.05) is 13.2 Å². The molecule has 1 aromatic carbocycles. The van der Waals surface area contributed by atoms with Gasteiger partial charge in [0.05, 0.1) is 18.1 Å². The molecule has 0 atom stereocenters. The Morgan fingerprint density at radius 3 is 2.24 bits per heavy atom. The molecule has 1 heterocycles. The van der Waals surface area contributed by atoms with Gasteiger partial charge in [-0.1, -0.05) is 17.7 Å². The van der Waals surface area contributed by atoms with Crippen molar-refractivity contribution in [2.75, 3.05) is 12.4 Å². The normalized spacial score (nSPS) is 10.4. The molecule has 0 bridgehead atoms. The van der Waals surface area contributed by atoms with Crippen molar-refractivity contribution in [2.24, 2.45) is 0 Å². The minimum absolute atomic E-state index is 0.793. The summed E-state index contributed by atoms with van der Waals surface area (Å²) in [6.07, 6.45) is 3.54. The Labute approximate surface area is 102 Å². The van der Waals surface area contributed by atoms with Crippen molar-refractivity contribution in [3.63, 3.8) is 0 Å². The lowest BCUT2D eigenvalue weighted by Gasteiger charge is -2.11. The van der Waals surface area contributed by atoms with Crippen LogP contribution in [0.3, 0.4) is 0 Å². The molecule has 2 aromatic rings. The maximum Gasteiger partial charge on any atom is 0.144 e. The molecule has 1 N–H and O–H groups in total. The highest BCUT2D eigenvalue weighted by Crippen LogP contribution is 2.26. The highest BCUT2D eigenvalue weighted by molar-refractivity contribution is 5.68. The molecule has 1 aromatic heterocycles. The first kappa shape index (κ1) is 11.6. The van der Waals surface area contributed by atoms with Crippen molar-refractivity contribution in [1.29, 1.82) is 0 Å². The molecule has 0 amide bonds. The largest absolute Gasteiger partial charge is 0.372 e. The quantitative estimate of drug-likeness (QED) is 0.856. The van der Waals surface area contributed by atoms with Crippen LogP contribution >= 0.6 is 0 Å². The first-order chi connectivity index (χ1) is 8.11. The van der Waals surface area contributed by atoms with E-state index in [2.05, 4.69) is 48.2 Å². The van der Waals surface area contributed by atoms with Gasteiger partial charge in [0.2, 0.25) is 0 Å². The monoisotopic (exact) mass is 227 g/mol. The van der Waals surface area contributed by atoms with Crippen LogP contribution in [0.1, 0.15) is 16.7 Å². The molecular formula is C14H17N3. The molecule has 0 radical (unpaired) electrons. The van der Waals surface area contributed by atoms with Crippen molar-refractivity contribution in [2.45, 2.75) is 20.8 Å². The van der Waals surface area contributed by atoms with Gasteiger partial charge >= 0.3 is 0 Å². The van der Waals surface area contributed by atoms with Crippen LogP contribution in [0.4, 0.5) is 5.82 Å². The summed E-state index contributed by atoms with van der Waals surface area (Å²) in [6, 6.07) is 4.35. The van der Waals surface area contributed by atoms with E-state index >= 15 is 0 Å². The lowest BCUT2D eigenvalue weighted by molar-refractivity contribution is 1.17. The van der Waals surface area contributed by atoms with Crippen LogP contribution in [-0.4, -0.2) is 17.0 Å². The Morgan fingerprint density at radius 2 is 1.65 bits per heavy atom. The van der Waals surface area contributed by atoms with Crippen LogP contribution in [0.5, 0.6) is 0 Å². The summed E-state index contributed by atoms with van der Waals surface area (Å²) in [5.74, 6) is 0.793. The van der Waals surface area contributed by atoms with Gasteiger partial charge in [0.25, 0.3) is 0 Å². The third-order valence-electron chi connectivity index (χ3n) is 2.82. The summed E-state index contributed by atoms with van der Waals surface area (Å²) in [6.45, 7) is 6.34. The number of aryl methyl sites for hydroxylation is 3. The van der Waals surface area contributed by atoms with Crippen LogP contribution in [0.2, 0.25) is 0 Å². The van der Waals surface area contributed by atoms with E-state index < -0.39 is 0 Å². The SMILES string of the molecule is CNc1cncc(-c2c(C)cc(C)cc2C)n1. The molecule has 0 spiro atoms. The van der Waals surface area contributed by atoms with Gasteiger partial charge in [-0.15, -0.1) is 0 Å². The number of nitrogens with zero attached hydrogens (tertiary/aromatic N) is 2. The molecule has 0 aliphatic heterocycles. The predicted molar refractivity (Wildman–Crippen MR) is 71.2 cm³/mol. The van der Waals surface area contributed by atoms with E-state index in [1.165, 1.54) is 22.3 Å². The molecule has 3 nitrogen and oxygen atoms in total. The smallest absolute Gasteiger partial charge is 0.144 e. The van der Waals surface area contributed by atoms with E-state index in [1.54, 1.807) is 6.20 Å². The van der Waals surface area contributed by atoms with Gasteiger partial charge < -0.3 is 5.32 Å². The van der Waals surface area contributed by atoms with Gasteiger partial charge in [-0.25, -0.2) is 4.98 Å². The standard InChI is InChI=1S/C14H17N3/c1-9-5-10(2)14(11(3)6-9)12-7-16-8-13(15-4)17-12/h5-8H,1-4H3,(H,15,17). The van der Waals surface area contributed by atoms with Crippen molar-refractivity contribution in [3.05, 3.63) is 41.2 Å². The summed E-state index contributed by atoms with van der Waals surface area (Å²) in [5.41, 5.74) is 5.86. The number of nitrogens with one attached hydrogen (secondary N) is 1. The Kier molecular flexibility index (Phi) is 3.09. The minimum atomic E-state index is 0.793. The van der Waals surface area contributed by atoms with Crippen LogP contribution in [0.25, 0.3) is 11.3 Å². The van der Waals surface area contributed by atoms with E-state index in [0.29, 0.717) is 0 Å². The van der Waals surface area contributed by atoms with Crippen molar-refractivity contribution >= 4 is 5.82 Å². The lowest BCUT2D eigenvalue weighted by atomic mass is 9.98. The summed E-state index contributed by atoms with van der Waals surface area (Å²) in [7, 11) is 1.85. The first-order valence-electron chi connectivity index (χ1n) is 5.70. The van der Waals surface area contributed by atoms with Crippen LogP contribution in [0, 0.1) is 20.8 Å². The number of anilines is 1. The first-order valence-corrected chi connectivity index (χ1v) is 5.70. The second kappa shape index (κ2) is 4.53. The fraction of sp³-hybridized carbons (Fsp3) is 0.286. The van der Waals surface area contributed by atoms with Gasteiger partial charge in [0, 0.05) is 12.6 Å². The van der Waals surface area contributed by atoms with Gasteiger partial charge in [0.1, 0.15) is 5.82 Å². The van der Waals surface area contributed by atoms with Gasteiger partial charge in [-0.2, -0.15) is 0 Å². The fourth-order valence-electron chi connectivity index (χ4n) is 2.19. The maximum absolute atomic E-state index is 4.54. The second-order valence-electron chi connectivity index (χ2n) is 4.31. The Balaban J connectivity index is 2.60. The van der Waals surface area contributed by atoms with Crippen LogP contribution in [-0.2, 0) is 0 Å². The van der Waals surface area contributed by atoms with Crippen molar-refractivity contribution in [1.82, 2.24) is 9.97 Å². The molecule has 88 valence electrons. The second-order valence-corrected chi connectivity index (χ2v) is 4.31. The highest BCUT2D eigenvalue weighted by atomic mass is 15.0. The number of hydrogen-bond acceptors (Lipinski definition) is 3. The molecule has 2 rings (SSSR count). The maximum atomic E-state index is 4.54. The predicted octanol–water partition coefficient (Wildman–Crippen LogP) is 3.11. The average Bonchev–Trinajstić information content (AvgIpc) is 2.28. The number of rotatable bonds is 2. The van der Waals surface area contributed by atoms with Gasteiger partial charge in [-0.3, -0.25) is 4.98 Å². The van der Waals surface area contributed by atoms with Crippen molar-refractivity contribution < 1.29 is 0 Å². The van der Waals surface area contributed by atoms with Crippen LogP contribution in [0.15, 0.2) is 24.5 Å². The van der Waals surface area contributed by atoms with Gasteiger partial charge in [0.15, 0.2) is 0 Å². The van der Waals surface area contributed by atoms with E-state index in [4.69, 9.17) is 0 Å². The summed E-state index contributed by atoms with van der Waals surface area (Å²) in [4.78, 5) is 8.75. The summed E-state index contributed by atoms with van der Waals surface area (Å²) in [5, 5.41) is 3.01. The summed E-state index contributed by atoms with van der Waals surface area (Å²) < 4.78 is 0. The molecule has 0 fully saturated rings. The molecular weight excluding hydrogens is 210 g/mol. The molecule has 17 heavy (non-hydrogen) atoms. The van der Waals surface area contributed by atoms with E-state index in [0.717, 1.165) is 11.5 Å². The third kappa shape index (κ3) is 2.28. The van der Waals surface area contributed by atoms with Crippen molar-refractivity contribution in [3.8, 4) is 11.3 Å². The average molecular weight is 227 g/mol. The summed E-state index contributed by atoms with van der Waals surface area (Å²) >= 11 is 0. The number of benzene rings is 1. The Hall–Kier alpha value is -1.90.